The molecule has 154 valence electrons. The van der Waals surface area contributed by atoms with Crippen molar-refractivity contribution >= 4 is 11.6 Å². The van der Waals surface area contributed by atoms with Crippen LogP contribution in [0, 0.1) is 0 Å². The number of methoxy groups -OCH3 is 3. The van der Waals surface area contributed by atoms with Gasteiger partial charge in [0.2, 0.25) is 0 Å². The standard InChI is InChI=1S/C21H34O6/c1-20(2,24-4)27-18-13-16(19(23)14-18)11-9-7-8-10-12-17(22)15-21(3,25-5)26-6/h9,11,13,18H,7-8,10,12,14-15H2,1-6H3/b11-9+. The van der Waals surface area contributed by atoms with E-state index in [2.05, 4.69) is 0 Å². The molecule has 0 aliphatic heterocycles. The van der Waals surface area contributed by atoms with E-state index in [0.29, 0.717) is 18.4 Å². The summed E-state index contributed by atoms with van der Waals surface area (Å²) in [4.78, 5) is 24.0. The molecular weight excluding hydrogens is 348 g/mol. The molecule has 0 saturated carbocycles. The number of carbonyl (C=O) groups excluding carboxylic acids is 2. The molecule has 0 saturated heterocycles. The monoisotopic (exact) mass is 382 g/mol. The summed E-state index contributed by atoms with van der Waals surface area (Å²) in [5, 5.41) is 0. The van der Waals surface area contributed by atoms with Crippen molar-refractivity contribution in [3.05, 3.63) is 23.8 Å². The Morgan fingerprint density at radius 2 is 1.81 bits per heavy atom. The van der Waals surface area contributed by atoms with Crippen molar-refractivity contribution < 1.29 is 28.5 Å². The van der Waals surface area contributed by atoms with Crippen LogP contribution in [0.2, 0.25) is 0 Å². The molecule has 1 rings (SSSR count). The highest BCUT2D eigenvalue weighted by Crippen LogP contribution is 2.24. The van der Waals surface area contributed by atoms with Crippen molar-refractivity contribution in [1.82, 2.24) is 0 Å². The Bertz CT molecular complexity index is 557. The molecule has 1 aliphatic carbocycles. The maximum atomic E-state index is 12.0. The van der Waals surface area contributed by atoms with Gasteiger partial charge in [0, 0.05) is 39.7 Å². The van der Waals surface area contributed by atoms with E-state index >= 15 is 0 Å². The molecule has 6 heteroatoms. The molecule has 0 aromatic carbocycles. The van der Waals surface area contributed by atoms with Crippen molar-refractivity contribution in [2.45, 2.75) is 77.0 Å². The van der Waals surface area contributed by atoms with Crippen LogP contribution in [0.15, 0.2) is 23.8 Å². The van der Waals surface area contributed by atoms with Crippen LogP contribution in [-0.4, -0.2) is 50.6 Å². The minimum Gasteiger partial charge on any atom is -0.354 e. The van der Waals surface area contributed by atoms with Crippen LogP contribution in [0.4, 0.5) is 0 Å². The molecule has 1 atom stereocenters. The van der Waals surface area contributed by atoms with Gasteiger partial charge in [0.15, 0.2) is 17.4 Å². The third-order valence-electron chi connectivity index (χ3n) is 4.76. The Morgan fingerprint density at radius 3 is 2.41 bits per heavy atom. The number of ether oxygens (including phenoxy) is 4. The van der Waals surface area contributed by atoms with Gasteiger partial charge in [-0.25, -0.2) is 0 Å². The van der Waals surface area contributed by atoms with Crippen LogP contribution < -0.4 is 0 Å². The average Bonchev–Trinajstić information content (AvgIpc) is 2.96. The number of hydrogen-bond acceptors (Lipinski definition) is 6. The molecule has 0 spiro atoms. The fraction of sp³-hybridized carbons (Fsp3) is 0.714. The zero-order valence-electron chi connectivity index (χ0n) is 17.5. The number of allylic oxidation sites excluding steroid dienone is 3. The Labute approximate surface area is 162 Å². The highest BCUT2D eigenvalue weighted by atomic mass is 16.7. The summed E-state index contributed by atoms with van der Waals surface area (Å²) in [6, 6.07) is 0. The predicted molar refractivity (Wildman–Crippen MR) is 103 cm³/mol. The van der Waals surface area contributed by atoms with Crippen molar-refractivity contribution in [3.63, 3.8) is 0 Å². The highest BCUT2D eigenvalue weighted by molar-refractivity contribution is 6.00. The Balaban J connectivity index is 2.32. The first-order valence-electron chi connectivity index (χ1n) is 9.41. The fourth-order valence-electron chi connectivity index (χ4n) is 2.76. The van der Waals surface area contributed by atoms with Gasteiger partial charge in [0.05, 0.1) is 12.5 Å². The molecule has 0 radical (unpaired) electrons. The van der Waals surface area contributed by atoms with Crippen molar-refractivity contribution in [2.24, 2.45) is 0 Å². The molecule has 0 heterocycles. The summed E-state index contributed by atoms with van der Waals surface area (Å²) in [5.74, 6) is -1.35. The molecule has 27 heavy (non-hydrogen) atoms. The first-order chi connectivity index (χ1) is 12.6. The third-order valence-corrected chi connectivity index (χ3v) is 4.76. The molecule has 6 nitrogen and oxygen atoms in total. The van der Waals surface area contributed by atoms with E-state index < -0.39 is 11.6 Å². The smallest absolute Gasteiger partial charge is 0.171 e. The van der Waals surface area contributed by atoms with E-state index in [1.807, 2.05) is 32.1 Å². The largest absolute Gasteiger partial charge is 0.354 e. The zero-order chi connectivity index (χ0) is 20.5. The summed E-state index contributed by atoms with van der Waals surface area (Å²) in [5.41, 5.74) is 0.680. The van der Waals surface area contributed by atoms with Crippen LogP contribution in [0.25, 0.3) is 0 Å². The first-order valence-corrected chi connectivity index (χ1v) is 9.41. The van der Waals surface area contributed by atoms with E-state index in [1.54, 1.807) is 14.0 Å². The second-order valence-corrected chi connectivity index (χ2v) is 7.42. The van der Waals surface area contributed by atoms with E-state index in [9.17, 15) is 9.59 Å². The molecule has 0 amide bonds. The summed E-state index contributed by atoms with van der Waals surface area (Å²) >= 11 is 0. The van der Waals surface area contributed by atoms with Gasteiger partial charge in [-0.15, -0.1) is 0 Å². The van der Waals surface area contributed by atoms with Crippen molar-refractivity contribution in [3.8, 4) is 0 Å². The predicted octanol–water partition coefficient (Wildman–Crippen LogP) is 3.74. The number of rotatable bonds is 13. The van der Waals surface area contributed by atoms with Crippen molar-refractivity contribution in [1.29, 1.82) is 0 Å². The van der Waals surface area contributed by atoms with Crippen LogP contribution in [0.1, 0.15) is 59.3 Å². The molecule has 0 aromatic heterocycles. The van der Waals surface area contributed by atoms with Crippen LogP contribution >= 0.6 is 0 Å². The van der Waals surface area contributed by atoms with E-state index in [-0.39, 0.29) is 24.1 Å². The van der Waals surface area contributed by atoms with Gasteiger partial charge in [-0.2, -0.15) is 0 Å². The molecule has 1 aliphatic rings. The van der Waals surface area contributed by atoms with E-state index in [0.717, 1.165) is 19.3 Å². The lowest BCUT2D eigenvalue weighted by atomic mass is 10.0. The SMILES string of the molecule is COC(C)(C)OC1C=C(/C=C/CCCCC(=O)CC(C)(OC)OC)C(=O)C1. The quantitative estimate of drug-likeness (QED) is 0.357. The molecule has 0 bridgehead atoms. The van der Waals surface area contributed by atoms with Gasteiger partial charge in [-0.1, -0.05) is 12.2 Å². The van der Waals surface area contributed by atoms with E-state index in [1.165, 1.54) is 14.2 Å². The average molecular weight is 382 g/mol. The fourth-order valence-corrected chi connectivity index (χ4v) is 2.76. The van der Waals surface area contributed by atoms with Gasteiger partial charge >= 0.3 is 0 Å². The number of unbranched alkanes of at least 4 members (excludes halogenated alkanes) is 2. The lowest BCUT2D eigenvalue weighted by Gasteiger charge is -2.26. The normalized spacial score (nSPS) is 18.4. The number of ketones is 2. The van der Waals surface area contributed by atoms with Gasteiger partial charge < -0.3 is 18.9 Å². The third kappa shape index (κ3) is 8.47. The minimum atomic E-state index is -0.845. The lowest BCUT2D eigenvalue weighted by Crippen LogP contribution is -2.32. The molecule has 1 unspecified atom stereocenters. The molecular formula is C21H34O6. The van der Waals surface area contributed by atoms with Crippen LogP contribution in [-0.2, 0) is 28.5 Å². The van der Waals surface area contributed by atoms with E-state index in [4.69, 9.17) is 18.9 Å². The van der Waals surface area contributed by atoms with Gasteiger partial charge in [-0.05, 0) is 46.1 Å². The van der Waals surface area contributed by atoms with Crippen LogP contribution in [0.3, 0.4) is 0 Å². The van der Waals surface area contributed by atoms with Gasteiger partial charge in [0.25, 0.3) is 0 Å². The summed E-state index contributed by atoms with van der Waals surface area (Å²) in [7, 11) is 4.65. The molecule has 0 N–H and O–H groups in total. The van der Waals surface area contributed by atoms with Gasteiger partial charge in [-0.3, -0.25) is 9.59 Å². The Kier molecular flexibility index (Phi) is 9.53. The summed E-state index contributed by atoms with van der Waals surface area (Å²) in [6.45, 7) is 5.40. The Morgan fingerprint density at radius 1 is 1.15 bits per heavy atom. The maximum Gasteiger partial charge on any atom is 0.171 e. The topological polar surface area (TPSA) is 71.1 Å². The molecule has 0 aromatic rings. The highest BCUT2D eigenvalue weighted by Gasteiger charge is 2.29. The summed E-state index contributed by atoms with van der Waals surface area (Å²) < 4.78 is 21.4. The zero-order valence-corrected chi connectivity index (χ0v) is 17.5. The van der Waals surface area contributed by atoms with Gasteiger partial charge in [0.1, 0.15) is 5.78 Å². The molecule has 0 fully saturated rings. The van der Waals surface area contributed by atoms with Crippen LogP contribution in [0.5, 0.6) is 0 Å². The lowest BCUT2D eigenvalue weighted by molar-refractivity contribution is -0.212. The number of hydrogen-bond donors (Lipinski definition) is 0. The summed E-state index contributed by atoms with van der Waals surface area (Å²) in [6.07, 6.45) is 9.02. The number of Topliss-reactive ketones (excluding diaryl/α,β-unsaturated/α-hetero) is 2. The second kappa shape index (κ2) is 10.9. The number of carbonyl (C=O) groups is 2. The first kappa shape index (κ1) is 23.7. The second-order valence-electron chi connectivity index (χ2n) is 7.42. The maximum absolute atomic E-state index is 12.0. The minimum absolute atomic E-state index is 0.0803. The van der Waals surface area contributed by atoms with Crippen molar-refractivity contribution in [2.75, 3.05) is 21.3 Å². The Hall–Kier alpha value is -1.34.